The molecule has 2 aliphatic rings. The summed E-state index contributed by atoms with van der Waals surface area (Å²) in [5.41, 5.74) is 2.26. The van der Waals surface area contributed by atoms with Crippen molar-refractivity contribution in [3.8, 4) is 0 Å². The second-order valence-electron chi connectivity index (χ2n) is 8.79. The summed E-state index contributed by atoms with van der Waals surface area (Å²) < 4.78 is 10.3. The SMILES string of the molecule is COC(=O)[C@@H]1C(=O)C2=C(C[C@H]1C)NC(C)=C(C(=O)OC(C)C)[C@H]2c1ccc(C)c([N+](=O)[O-])c1. The van der Waals surface area contributed by atoms with Crippen molar-refractivity contribution in [2.75, 3.05) is 7.11 Å². The number of dihydropyridines is 1. The molecule has 0 bridgehead atoms. The smallest absolute Gasteiger partial charge is 0.337 e. The average Bonchev–Trinajstić information content (AvgIpc) is 2.72. The van der Waals surface area contributed by atoms with Crippen LogP contribution in [-0.4, -0.2) is 35.9 Å². The third kappa shape index (κ3) is 4.40. The topological polar surface area (TPSA) is 125 Å². The van der Waals surface area contributed by atoms with E-state index in [1.807, 2.05) is 0 Å². The van der Waals surface area contributed by atoms with Gasteiger partial charge >= 0.3 is 11.9 Å². The molecule has 9 nitrogen and oxygen atoms in total. The zero-order valence-electron chi connectivity index (χ0n) is 19.6. The van der Waals surface area contributed by atoms with Gasteiger partial charge in [-0.1, -0.05) is 19.1 Å². The van der Waals surface area contributed by atoms with Gasteiger partial charge in [0.1, 0.15) is 5.92 Å². The zero-order chi connectivity index (χ0) is 24.6. The monoisotopic (exact) mass is 456 g/mol. The van der Waals surface area contributed by atoms with E-state index in [1.165, 1.54) is 13.2 Å². The lowest BCUT2D eigenvalue weighted by Gasteiger charge is -2.38. The van der Waals surface area contributed by atoms with Gasteiger partial charge in [-0.3, -0.25) is 19.7 Å². The lowest BCUT2D eigenvalue weighted by atomic mass is 9.69. The Morgan fingerprint density at radius 2 is 1.91 bits per heavy atom. The quantitative estimate of drug-likeness (QED) is 0.309. The molecule has 0 unspecified atom stereocenters. The van der Waals surface area contributed by atoms with E-state index in [-0.39, 0.29) is 22.8 Å². The molecule has 1 N–H and O–H groups in total. The van der Waals surface area contributed by atoms with Crippen LogP contribution in [0.5, 0.6) is 0 Å². The summed E-state index contributed by atoms with van der Waals surface area (Å²) in [6.07, 6.45) is -0.0270. The Bertz CT molecular complexity index is 1100. The number of rotatable bonds is 5. The number of methoxy groups -OCH3 is 1. The molecule has 1 aromatic carbocycles. The number of nitro benzene ring substituents is 1. The van der Waals surface area contributed by atoms with Gasteiger partial charge in [0.2, 0.25) is 0 Å². The van der Waals surface area contributed by atoms with E-state index in [4.69, 9.17) is 9.47 Å². The Labute approximate surface area is 192 Å². The summed E-state index contributed by atoms with van der Waals surface area (Å²) >= 11 is 0. The molecule has 0 saturated carbocycles. The summed E-state index contributed by atoms with van der Waals surface area (Å²) in [4.78, 5) is 50.3. The molecule has 1 aromatic rings. The molecule has 0 aromatic heterocycles. The third-order valence-corrected chi connectivity index (χ3v) is 6.07. The number of allylic oxidation sites excluding steroid dienone is 3. The van der Waals surface area contributed by atoms with Crippen LogP contribution in [0.4, 0.5) is 5.69 Å². The predicted octanol–water partition coefficient (Wildman–Crippen LogP) is 3.47. The van der Waals surface area contributed by atoms with Gasteiger partial charge in [0.25, 0.3) is 5.69 Å². The molecule has 0 radical (unpaired) electrons. The standard InChI is InChI=1S/C24H28N2O7/c1-11(2)33-24(29)19-14(5)25-16-9-13(4)18(23(28)32-6)22(27)21(16)20(19)15-8-7-12(3)17(10-15)26(30)31/h7-8,10-11,13,18,20,25H,9H2,1-6H3/t13-,18+,20-/m1/s1. The molecule has 1 aliphatic heterocycles. The fourth-order valence-electron chi connectivity index (χ4n) is 4.56. The van der Waals surface area contributed by atoms with Crippen molar-refractivity contribution in [1.82, 2.24) is 5.32 Å². The molecule has 176 valence electrons. The van der Waals surface area contributed by atoms with Gasteiger partial charge in [0, 0.05) is 34.5 Å². The van der Waals surface area contributed by atoms with E-state index >= 15 is 0 Å². The molecule has 9 heteroatoms. The summed E-state index contributed by atoms with van der Waals surface area (Å²) in [7, 11) is 1.22. The highest BCUT2D eigenvalue weighted by Crippen LogP contribution is 2.46. The van der Waals surface area contributed by atoms with Gasteiger partial charge in [-0.15, -0.1) is 0 Å². The maximum absolute atomic E-state index is 13.6. The molecule has 0 fully saturated rings. The van der Waals surface area contributed by atoms with E-state index in [0.29, 0.717) is 28.9 Å². The number of hydrogen-bond acceptors (Lipinski definition) is 8. The highest BCUT2D eigenvalue weighted by atomic mass is 16.6. The van der Waals surface area contributed by atoms with Crippen LogP contribution in [0.15, 0.2) is 40.7 Å². The van der Waals surface area contributed by atoms with Crippen molar-refractivity contribution < 1.29 is 28.8 Å². The summed E-state index contributed by atoms with van der Waals surface area (Å²) in [6, 6.07) is 4.63. The van der Waals surface area contributed by atoms with Gasteiger partial charge in [0.15, 0.2) is 5.78 Å². The van der Waals surface area contributed by atoms with Gasteiger partial charge in [-0.2, -0.15) is 0 Å². The van der Waals surface area contributed by atoms with Crippen molar-refractivity contribution in [3.05, 3.63) is 62.0 Å². The fraction of sp³-hybridized carbons (Fsp3) is 0.458. The molecule has 33 heavy (non-hydrogen) atoms. The minimum absolute atomic E-state index is 0.122. The van der Waals surface area contributed by atoms with E-state index in [0.717, 1.165) is 0 Å². The van der Waals surface area contributed by atoms with Crippen molar-refractivity contribution in [1.29, 1.82) is 0 Å². The minimum Gasteiger partial charge on any atom is -0.468 e. The van der Waals surface area contributed by atoms with E-state index < -0.39 is 40.6 Å². The molecular formula is C24H28N2O7. The third-order valence-electron chi connectivity index (χ3n) is 6.07. The van der Waals surface area contributed by atoms with E-state index in [2.05, 4.69) is 5.32 Å². The number of ether oxygens (including phenoxy) is 2. The highest BCUT2D eigenvalue weighted by molar-refractivity contribution is 6.12. The first kappa shape index (κ1) is 24.2. The number of nitrogens with one attached hydrogen (secondary N) is 1. The Balaban J connectivity index is 2.25. The number of esters is 2. The van der Waals surface area contributed by atoms with Crippen LogP contribution in [0, 0.1) is 28.9 Å². The van der Waals surface area contributed by atoms with Crippen molar-refractivity contribution in [3.63, 3.8) is 0 Å². The van der Waals surface area contributed by atoms with E-state index in [1.54, 1.807) is 46.8 Å². The average molecular weight is 456 g/mol. The van der Waals surface area contributed by atoms with Crippen LogP contribution in [0.1, 0.15) is 51.2 Å². The van der Waals surface area contributed by atoms with Crippen molar-refractivity contribution in [2.24, 2.45) is 11.8 Å². The number of Topliss-reactive ketones (excluding diaryl/α,β-unsaturated/α-hetero) is 1. The fourth-order valence-corrected chi connectivity index (χ4v) is 4.56. The van der Waals surface area contributed by atoms with Crippen molar-refractivity contribution >= 4 is 23.4 Å². The van der Waals surface area contributed by atoms with Crippen LogP contribution in [-0.2, 0) is 23.9 Å². The van der Waals surface area contributed by atoms with E-state index in [9.17, 15) is 24.5 Å². The minimum atomic E-state index is -1.03. The number of carbonyl (C=O) groups excluding carboxylic acids is 3. The number of ketones is 1. The molecule has 1 aliphatic carbocycles. The summed E-state index contributed by atoms with van der Waals surface area (Å²) in [5.74, 6) is -4.00. The zero-order valence-corrected chi connectivity index (χ0v) is 19.6. The first-order valence-electron chi connectivity index (χ1n) is 10.8. The van der Waals surface area contributed by atoms with Gasteiger partial charge in [-0.05, 0) is 45.6 Å². The second-order valence-corrected chi connectivity index (χ2v) is 8.79. The van der Waals surface area contributed by atoms with Crippen LogP contribution >= 0.6 is 0 Å². The summed E-state index contributed by atoms with van der Waals surface area (Å²) in [6.45, 7) is 8.53. The molecule has 1 heterocycles. The molecule has 3 atom stereocenters. The van der Waals surface area contributed by atoms with Crippen LogP contribution in [0.3, 0.4) is 0 Å². The number of benzene rings is 1. The Kier molecular flexibility index (Phi) is 6.71. The molecule has 0 spiro atoms. The Morgan fingerprint density at radius 3 is 2.48 bits per heavy atom. The first-order chi connectivity index (χ1) is 15.5. The lowest BCUT2D eigenvalue weighted by molar-refractivity contribution is -0.385. The van der Waals surface area contributed by atoms with Crippen LogP contribution in [0.25, 0.3) is 0 Å². The number of aryl methyl sites for hydroxylation is 1. The normalized spacial score (nSPS) is 22.6. The van der Waals surface area contributed by atoms with Crippen molar-refractivity contribution in [2.45, 2.75) is 53.1 Å². The number of nitrogens with zero attached hydrogens (tertiary/aromatic N) is 1. The van der Waals surface area contributed by atoms with Crippen LogP contribution in [0.2, 0.25) is 0 Å². The maximum Gasteiger partial charge on any atom is 0.337 e. The first-order valence-corrected chi connectivity index (χ1v) is 10.8. The van der Waals surface area contributed by atoms with Gasteiger partial charge < -0.3 is 14.8 Å². The predicted molar refractivity (Wildman–Crippen MR) is 119 cm³/mol. The number of hydrogen-bond donors (Lipinski definition) is 1. The molecule has 0 amide bonds. The number of carbonyl (C=O) groups is 3. The number of nitro groups is 1. The molecule has 0 saturated heterocycles. The Morgan fingerprint density at radius 1 is 1.24 bits per heavy atom. The lowest BCUT2D eigenvalue weighted by Crippen LogP contribution is -2.43. The molecular weight excluding hydrogens is 428 g/mol. The molecule has 3 rings (SSSR count). The Hall–Kier alpha value is -3.49. The largest absolute Gasteiger partial charge is 0.468 e. The second kappa shape index (κ2) is 9.17. The highest BCUT2D eigenvalue weighted by Gasteiger charge is 2.47. The summed E-state index contributed by atoms with van der Waals surface area (Å²) in [5, 5.41) is 14.8. The maximum atomic E-state index is 13.6. The van der Waals surface area contributed by atoms with Crippen LogP contribution < -0.4 is 5.32 Å². The van der Waals surface area contributed by atoms with Gasteiger partial charge in [-0.25, -0.2) is 4.79 Å². The van der Waals surface area contributed by atoms with Gasteiger partial charge in [0.05, 0.1) is 23.7 Å².